The third kappa shape index (κ3) is 2.70. The van der Waals surface area contributed by atoms with Crippen molar-refractivity contribution in [2.75, 3.05) is 6.54 Å². The summed E-state index contributed by atoms with van der Waals surface area (Å²) in [5, 5.41) is 3.69. The molecule has 0 bridgehead atoms. The van der Waals surface area contributed by atoms with E-state index in [1.165, 1.54) is 17.4 Å². The van der Waals surface area contributed by atoms with E-state index in [4.69, 9.17) is 5.73 Å². The number of benzene rings is 2. The van der Waals surface area contributed by atoms with Crippen LogP contribution in [0.3, 0.4) is 0 Å². The normalized spacial score (nSPS) is 11.5. The highest BCUT2D eigenvalue weighted by molar-refractivity contribution is 9.10. The van der Waals surface area contributed by atoms with Gasteiger partial charge in [-0.1, -0.05) is 18.2 Å². The molecule has 25 heavy (non-hydrogen) atoms. The first-order valence-corrected chi connectivity index (χ1v) is 9.48. The van der Waals surface area contributed by atoms with Crippen molar-refractivity contribution in [1.82, 2.24) is 4.98 Å². The Bertz CT molecular complexity index is 1170. The fraction of sp³-hybridized carbons (Fsp3) is 0.105. The van der Waals surface area contributed by atoms with E-state index in [0.29, 0.717) is 23.2 Å². The van der Waals surface area contributed by atoms with E-state index in [1.54, 1.807) is 6.07 Å². The second kappa shape index (κ2) is 6.37. The molecule has 0 fully saturated rings. The summed E-state index contributed by atoms with van der Waals surface area (Å²) in [5.41, 5.74) is 8.41. The largest absolute Gasteiger partial charge is 0.330 e. The Morgan fingerprint density at radius 1 is 1.20 bits per heavy atom. The number of fused-ring (bicyclic) bond motifs is 3. The molecule has 3 N–H and O–H groups in total. The lowest BCUT2D eigenvalue weighted by molar-refractivity contribution is 0.610. The van der Waals surface area contributed by atoms with E-state index in [9.17, 15) is 9.18 Å². The topological polar surface area (TPSA) is 58.9 Å². The van der Waals surface area contributed by atoms with Crippen LogP contribution in [0.1, 0.15) is 5.56 Å². The number of thiophene rings is 1. The lowest BCUT2D eigenvalue weighted by Gasteiger charge is -2.11. The lowest BCUT2D eigenvalue weighted by Crippen LogP contribution is -2.05. The molecule has 0 atom stereocenters. The smallest absolute Gasteiger partial charge is 0.266 e. The number of rotatable bonds is 3. The summed E-state index contributed by atoms with van der Waals surface area (Å²) in [4.78, 5) is 15.2. The van der Waals surface area contributed by atoms with Crippen LogP contribution < -0.4 is 11.3 Å². The summed E-state index contributed by atoms with van der Waals surface area (Å²) >= 11 is 4.91. The maximum absolute atomic E-state index is 14.4. The van der Waals surface area contributed by atoms with Gasteiger partial charge in [-0.05, 0) is 69.2 Å². The van der Waals surface area contributed by atoms with Gasteiger partial charge in [-0.2, -0.15) is 0 Å². The van der Waals surface area contributed by atoms with Crippen molar-refractivity contribution in [2.24, 2.45) is 5.73 Å². The van der Waals surface area contributed by atoms with Crippen molar-refractivity contribution < 1.29 is 4.39 Å². The maximum atomic E-state index is 14.4. The molecule has 0 aliphatic rings. The van der Waals surface area contributed by atoms with Crippen molar-refractivity contribution in [3.05, 3.63) is 68.0 Å². The number of aromatic nitrogens is 1. The minimum Gasteiger partial charge on any atom is -0.330 e. The third-order valence-corrected chi connectivity index (χ3v) is 5.89. The number of pyridine rings is 1. The quantitative estimate of drug-likeness (QED) is 0.503. The first kappa shape index (κ1) is 16.4. The maximum Gasteiger partial charge on any atom is 0.266 e. The molecule has 126 valence electrons. The van der Waals surface area contributed by atoms with Gasteiger partial charge in [-0.3, -0.25) is 4.79 Å². The van der Waals surface area contributed by atoms with Gasteiger partial charge in [0.2, 0.25) is 0 Å². The molecule has 0 unspecified atom stereocenters. The first-order valence-electron chi connectivity index (χ1n) is 7.80. The van der Waals surface area contributed by atoms with Crippen LogP contribution in [0.4, 0.5) is 4.39 Å². The summed E-state index contributed by atoms with van der Waals surface area (Å²) in [6, 6.07) is 11.0. The zero-order valence-corrected chi connectivity index (χ0v) is 15.5. The van der Waals surface area contributed by atoms with E-state index in [1.807, 2.05) is 29.6 Å². The molecule has 0 amide bonds. The molecule has 0 aliphatic heterocycles. The van der Waals surface area contributed by atoms with Gasteiger partial charge in [0, 0.05) is 15.2 Å². The van der Waals surface area contributed by atoms with Crippen LogP contribution in [-0.2, 0) is 6.42 Å². The highest BCUT2D eigenvalue weighted by atomic mass is 79.9. The number of hydrogen-bond acceptors (Lipinski definition) is 3. The second-order valence-electron chi connectivity index (χ2n) is 5.81. The minimum absolute atomic E-state index is 0.111. The van der Waals surface area contributed by atoms with Gasteiger partial charge < -0.3 is 10.7 Å². The molecule has 3 nitrogen and oxygen atoms in total. The van der Waals surface area contributed by atoms with E-state index in [2.05, 4.69) is 20.9 Å². The molecular weight excluding hydrogens is 403 g/mol. The zero-order valence-electron chi connectivity index (χ0n) is 13.1. The Balaban J connectivity index is 2.06. The predicted octanol–water partition coefficient (Wildman–Crippen LogP) is 4.81. The Morgan fingerprint density at radius 2 is 2.04 bits per heavy atom. The number of nitrogens with one attached hydrogen (secondary N) is 1. The standard InChI is InChI=1S/C19H14BrFN2OS/c20-14-4-3-12(11-2-1-10(5-7-22)15(21)9-11)16-13-6-8-25-18(13)19(24)23-17(14)16/h1-4,6,8-9H,5,7,22H2,(H,23,24). The third-order valence-electron chi connectivity index (χ3n) is 4.31. The van der Waals surface area contributed by atoms with Crippen LogP contribution in [0.2, 0.25) is 0 Å². The molecule has 0 saturated carbocycles. The van der Waals surface area contributed by atoms with Crippen molar-refractivity contribution >= 4 is 48.3 Å². The first-order chi connectivity index (χ1) is 12.1. The molecule has 2 aromatic carbocycles. The number of hydrogen-bond donors (Lipinski definition) is 2. The van der Waals surface area contributed by atoms with Gasteiger partial charge in [0.1, 0.15) is 10.5 Å². The van der Waals surface area contributed by atoms with Crippen LogP contribution in [0, 0.1) is 5.82 Å². The van der Waals surface area contributed by atoms with Crippen molar-refractivity contribution in [3.63, 3.8) is 0 Å². The second-order valence-corrected chi connectivity index (χ2v) is 7.58. The average Bonchev–Trinajstić information content (AvgIpc) is 3.08. The van der Waals surface area contributed by atoms with E-state index >= 15 is 0 Å². The van der Waals surface area contributed by atoms with Crippen LogP contribution in [0.15, 0.2) is 51.0 Å². The molecule has 2 aromatic heterocycles. The fourth-order valence-corrected chi connectivity index (χ4v) is 4.37. The SMILES string of the molecule is NCCc1ccc(-c2ccc(Br)c3[nH]c(=O)c4sccc4c23)cc1F. The Kier molecular flexibility index (Phi) is 4.19. The van der Waals surface area contributed by atoms with E-state index < -0.39 is 0 Å². The van der Waals surface area contributed by atoms with Gasteiger partial charge >= 0.3 is 0 Å². The van der Waals surface area contributed by atoms with Gasteiger partial charge in [-0.25, -0.2) is 4.39 Å². The molecule has 4 rings (SSSR count). The summed E-state index contributed by atoms with van der Waals surface area (Å²) in [6.45, 7) is 0.411. The van der Waals surface area contributed by atoms with Crippen LogP contribution in [0.25, 0.3) is 32.1 Å². The highest BCUT2D eigenvalue weighted by Crippen LogP contribution is 2.37. The number of halogens is 2. The van der Waals surface area contributed by atoms with E-state index in [0.717, 1.165) is 31.9 Å². The number of nitrogens with two attached hydrogens (primary N) is 1. The van der Waals surface area contributed by atoms with Crippen LogP contribution in [0.5, 0.6) is 0 Å². The van der Waals surface area contributed by atoms with Crippen molar-refractivity contribution in [2.45, 2.75) is 6.42 Å². The minimum atomic E-state index is -0.259. The molecule has 6 heteroatoms. The van der Waals surface area contributed by atoms with Crippen LogP contribution >= 0.6 is 27.3 Å². The number of aromatic amines is 1. The average molecular weight is 417 g/mol. The Hall–Kier alpha value is -2.02. The molecular formula is C19H14BrFN2OS. The van der Waals surface area contributed by atoms with Crippen LogP contribution in [-0.4, -0.2) is 11.5 Å². The molecule has 0 spiro atoms. The molecule has 0 saturated heterocycles. The van der Waals surface area contributed by atoms with Gasteiger partial charge in [0.05, 0.1) is 5.52 Å². The van der Waals surface area contributed by atoms with Crippen molar-refractivity contribution in [1.29, 1.82) is 0 Å². The molecule has 0 aliphatic carbocycles. The van der Waals surface area contributed by atoms with Crippen molar-refractivity contribution in [3.8, 4) is 11.1 Å². The monoisotopic (exact) mass is 416 g/mol. The zero-order chi connectivity index (χ0) is 17.6. The molecule has 0 radical (unpaired) electrons. The highest BCUT2D eigenvalue weighted by Gasteiger charge is 2.15. The summed E-state index contributed by atoms with van der Waals surface area (Å²) in [6.07, 6.45) is 0.509. The molecule has 2 heterocycles. The number of H-pyrrole nitrogens is 1. The van der Waals surface area contributed by atoms with Gasteiger partial charge in [-0.15, -0.1) is 11.3 Å². The van der Waals surface area contributed by atoms with Gasteiger partial charge in [0.25, 0.3) is 5.56 Å². The summed E-state index contributed by atoms with van der Waals surface area (Å²) in [5.74, 6) is -0.259. The predicted molar refractivity (Wildman–Crippen MR) is 106 cm³/mol. The Morgan fingerprint density at radius 3 is 2.80 bits per heavy atom. The lowest BCUT2D eigenvalue weighted by atomic mass is 9.97. The Labute approximate surface area is 155 Å². The summed E-state index contributed by atoms with van der Waals surface area (Å²) < 4.78 is 15.9. The fourth-order valence-electron chi connectivity index (χ4n) is 3.15. The summed E-state index contributed by atoms with van der Waals surface area (Å²) in [7, 11) is 0. The van der Waals surface area contributed by atoms with E-state index in [-0.39, 0.29) is 11.4 Å². The van der Waals surface area contributed by atoms with Gasteiger partial charge in [0.15, 0.2) is 0 Å². The molecule has 4 aromatic rings.